The highest BCUT2D eigenvalue weighted by molar-refractivity contribution is 5.02. The Bertz CT molecular complexity index is 219. The van der Waals surface area contributed by atoms with Gasteiger partial charge in [-0.05, 0) is 31.9 Å². The van der Waals surface area contributed by atoms with Crippen LogP contribution >= 0.6 is 0 Å². The summed E-state index contributed by atoms with van der Waals surface area (Å²) in [4.78, 5) is 7.97. The summed E-state index contributed by atoms with van der Waals surface area (Å²) in [5.74, 6) is 0. The normalized spacial score (nSPS) is 12.8. The van der Waals surface area contributed by atoms with Crippen LogP contribution in [0.3, 0.4) is 0 Å². The van der Waals surface area contributed by atoms with Gasteiger partial charge in [0.2, 0.25) is 0 Å². The third kappa shape index (κ3) is 3.51. The van der Waals surface area contributed by atoms with Crippen molar-refractivity contribution in [2.24, 2.45) is 0 Å². The zero-order valence-electron chi connectivity index (χ0n) is 8.33. The lowest BCUT2D eigenvalue weighted by molar-refractivity contribution is 0.508. The maximum atomic E-state index is 3.98. The van der Waals surface area contributed by atoms with Crippen molar-refractivity contribution in [2.45, 2.75) is 32.2 Å². The number of aromatic nitrogens is 2. The number of hydrogen-bond acceptors (Lipinski definition) is 3. The van der Waals surface area contributed by atoms with Gasteiger partial charge in [-0.15, -0.1) is 0 Å². The van der Waals surface area contributed by atoms with Crippen molar-refractivity contribution in [3.8, 4) is 0 Å². The highest BCUT2D eigenvalue weighted by Crippen LogP contribution is 2.04. The molecule has 0 aliphatic rings. The first-order valence-electron chi connectivity index (χ1n) is 4.78. The summed E-state index contributed by atoms with van der Waals surface area (Å²) in [6.07, 6.45) is 8.72. The van der Waals surface area contributed by atoms with Crippen LogP contribution in [0.4, 0.5) is 0 Å². The summed E-state index contributed by atoms with van der Waals surface area (Å²) in [5, 5.41) is 3.28. The average molecular weight is 179 g/mol. The van der Waals surface area contributed by atoms with Crippen molar-refractivity contribution in [1.29, 1.82) is 0 Å². The predicted molar refractivity (Wildman–Crippen MR) is 53.5 cm³/mol. The molecule has 0 saturated heterocycles. The van der Waals surface area contributed by atoms with E-state index in [9.17, 15) is 0 Å². The smallest absolute Gasteiger partial charge is 0.115 e. The summed E-state index contributed by atoms with van der Waals surface area (Å²) < 4.78 is 0. The van der Waals surface area contributed by atoms with Crippen LogP contribution in [0.25, 0.3) is 0 Å². The Labute approximate surface area is 79.6 Å². The van der Waals surface area contributed by atoms with E-state index in [1.807, 2.05) is 19.4 Å². The van der Waals surface area contributed by atoms with Gasteiger partial charge in [-0.2, -0.15) is 0 Å². The average Bonchev–Trinajstić information content (AvgIpc) is 2.21. The molecule has 0 radical (unpaired) electrons. The van der Waals surface area contributed by atoms with Crippen molar-refractivity contribution in [3.05, 3.63) is 24.3 Å². The second-order valence-corrected chi connectivity index (χ2v) is 3.18. The first-order valence-corrected chi connectivity index (χ1v) is 4.78. The molecule has 0 aliphatic carbocycles. The Hall–Kier alpha value is -0.960. The summed E-state index contributed by atoms with van der Waals surface area (Å²) in [7, 11) is 2.01. The lowest BCUT2D eigenvalue weighted by Gasteiger charge is -2.12. The van der Waals surface area contributed by atoms with Gasteiger partial charge in [-0.25, -0.2) is 9.97 Å². The summed E-state index contributed by atoms with van der Waals surface area (Å²) in [6.45, 7) is 2.20. The first kappa shape index (κ1) is 10.1. The largest absolute Gasteiger partial charge is 0.317 e. The van der Waals surface area contributed by atoms with Crippen LogP contribution in [-0.4, -0.2) is 23.1 Å². The maximum absolute atomic E-state index is 3.98. The third-order valence-corrected chi connectivity index (χ3v) is 2.30. The molecule has 0 bridgehead atoms. The van der Waals surface area contributed by atoms with E-state index in [0.717, 1.165) is 12.8 Å². The predicted octanol–water partition coefficient (Wildman–Crippen LogP) is 1.41. The molecular weight excluding hydrogens is 162 g/mol. The Balaban J connectivity index is 2.34. The van der Waals surface area contributed by atoms with Crippen molar-refractivity contribution < 1.29 is 0 Å². The minimum atomic E-state index is 0.611. The molecule has 1 aromatic heterocycles. The van der Waals surface area contributed by atoms with E-state index in [1.54, 1.807) is 6.33 Å². The van der Waals surface area contributed by atoms with Crippen molar-refractivity contribution in [3.63, 3.8) is 0 Å². The van der Waals surface area contributed by atoms with Crippen LogP contribution in [0.5, 0.6) is 0 Å². The van der Waals surface area contributed by atoms with E-state index < -0.39 is 0 Å². The molecule has 0 aromatic carbocycles. The van der Waals surface area contributed by atoms with Crippen LogP contribution < -0.4 is 5.32 Å². The Kier molecular flexibility index (Phi) is 4.40. The number of hydrogen-bond donors (Lipinski definition) is 1. The zero-order chi connectivity index (χ0) is 9.52. The molecule has 72 valence electrons. The number of nitrogens with zero attached hydrogens (tertiary/aromatic N) is 2. The Morgan fingerprint density at radius 2 is 2.08 bits per heavy atom. The van der Waals surface area contributed by atoms with E-state index in [-0.39, 0.29) is 0 Å². The van der Waals surface area contributed by atoms with Gasteiger partial charge >= 0.3 is 0 Å². The molecule has 0 saturated carbocycles. The van der Waals surface area contributed by atoms with Crippen LogP contribution in [-0.2, 0) is 6.42 Å². The molecule has 0 amide bonds. The summed E-state index contributed by atoms with van der Waals surface area (Å²) in [6, 6.07) is 0.611. The van der Waals surface area contributed by atoms with E-state index in [2.05, 4.69) is 22.2 Å². The molecule has 1 rings (SSSR count). The van der Waals surface area contributed by atoms with Gasteiger partial charge in [-0.1, -0.05) is 6.92 Å². The van der Waals surface area contributed by atoms with Crippen LogP contribution in [0.2, 0.25) is 0 Å². The van der Waals surface area contributed by atoms with Crippen molar-refractivity contribution in [2.75, 3.05) is 7.05 Å². The highest BCUT2D eigenvalue weighted by Gasteiger charge is 2.02. The molecule has 1 heterocycles. The van der Waals surface area contributed by atoms with Crippen LogP contribution in [0.15, 0.2) is 18.7 Å². The fourth-order valence-corrected chi connectivity index (χ4v) is 1.35. The topological polar surface area (TPSA) is 37.8 Å². The van der Waals surface area contributed by atoms with E-state index in [4.69, 9.17) is 0 Å². The quantitative estimate of drug-likeness (QED) is 0.742. The number of nitrogens with one attached hydrogen (secondary N) is 1. The van der Waals surface area contributed by atoms with Crippen molar-refractivity contribution in [1.82, 2.24) is 15.3 Å². The standard InChI is InChI=1S/C10H17N3/c1-3-10(11-2)5-4-9-6-12-8-13-7-9/h6-8,10-11H,3-5H2,1-2H3. The molecule has 1 N–H and O–H groups in total. The summed E-state index contributed by atoms with van der Waals surface area (Å²) >= 11 is 0. The van der Waals surface area contributed by atoms with Gasteiger partial charge in [0.1, 0.15) is 6.33 Å². The SMILES string of the molecule is CCC(CCc1cncnc1)NC. The zero-order valence-corrected chi connectivity index (χ0v) is 8.33. The molecule has 3 heteroatoms. The van der Waals surface area contributed by atoms with Gasteiger partial charge in [0.15, 0.2) is 0 Å². The highest BCUT2D eigenvalue weighted by atomic mass is 14.9. The number of rotatable bonds is 5. The molecular formula is C10H17N3. The monoisotopic (exact) mass is 179 g/mol. The first-order chi connectivity index (χ1) is 6.36. The minimum Gasteiger partial charge on any atom is -0.317 e. The molecule has 0 aliphatic heterocycles. The molecule has 0 spiro atoms. The minimum absolute atomic E-state index is 0.611. The molecule has 13 heavy (non-hydrogen) atoms. The molecule has 1 aromatic rings. The molecule has 1 atom stereocenters. The third-order valence-electron chi connectivity index (χ3n) is 2.30. The Morgan fingerprint density at radius 3 is 2.62 bits per heavy atom. The van der Waals surface area contributed by atoms with Gasteiger partial charge < -0.3 is 5.32 Å². The molecule has 0 fully saturated rings. The van der Waals surface area contributed by atoms with E-state index in [0.29, 0.717) is 6.04 Å². The molecule has 3 nitrogen and oxygen atoms in total. The van der Waals surface area contributed by atoms with Gasteiger partial charge in [0, 0.05) is 18.4 Å². The molecule has 1 unspecified atom stereocenters. The van der Waals surface area contributed by atoms with Gasteiger partial charge in [-0.3, -0.25) is 0 Å². The van der Waals surface area contributed by atoms with Gasteiger partial charge in [0.25, 0.3) is 0 Å². The summed E-state index contributed by atoms with van der Waals surface area (Å²) in [5.41, 5.74) is 1.22. The van der Waals surface area contributed by atoms with E-state index >= 15 is 0 Å². The second-order valence-electron chi connectivity index (χ2n) is 3.18. The van der Waals surface area contributed by atoms with Crippen molar-refractivity contribution >= 4 is 0 Å². The van der Waals surface area contributed by atoms with Gasteiger partial charge in [0.05, 0.1) is 0 Å². The fraction of sp³-hybridized carbons (Fsp3) is 0.600. The second kappa shape index (κ2) is 5.65. The lowest BCUT2D eigenvalue weighted by Crippen LogP contribution is -2.24. The maximum Gasteiger partial charge on any atom is 0.115 e. The number of aryl methyl sites for hydroxylation is 1. The fourth-order valence-electron chi connectivity index (χ4n) is 1.35. The lowest BCUT2D eigenvalue weighted by atomic mass is 10.1. The Morgan fingerprint density at radius 1 is 1.38 bits per heavy atom. The van der Waals surface area contributed by atoms with E-state index in [1.165, 1.54) is 12.0 Å². The van der Waals surface area contributed by atoms with Crippen LogP contribution in [0.1, 0.15) is 25.3 Å². The van der Waals surface area contributed by atoms with Crippen LogP contribution in [0, 0.1) is 0 Å².